The molecule has 0 radical (unpaired) electrons. The van der Waals surface area contributed by atoms with Gasteiger partial charge in [-0.3, -0.25) is 9.59 Å². The second-order valence-corrected chi connectivity index (χ2v) is 9.19. The van der Waals surface area contributed by atoms with Crippen LogP contribution in [0.3, 0.4) is 0 Å². The quantitative estimate of drug-likeness (QED) is 0.284. The van der Waals surface area contributed by atoms with Crippen LogP contribution in [0.1, 0.15) is 53.6 Å². The molecule has 6 nitrogen and oxygen atoms in total. The van der Waals surface area contributed by atoms with Gasteiger partial charge in [-0.25, -0.2) is 0 Å². The van der Waals surface area contributed by atoms with Crippen LogP contribution in [0.4, 0.5) is 0 Å². The number of fused-ring (bicyclic) bond motifs is 2. The molecule has 6 heteroatoms. The summed E-state index contributed by atoms with van der Waals surface area (Å²) in [4.78, 5) is 28.9. The van der Waals surface area contributed by atoms with Crippen molar-refractivity contribution in [1.29, 1.82) is 0 Å². The van der Waals surface area contributed by atoms with E-state index < -0.39 is 6.04 Å². The zero-order valence-corrected chi connectivity index (χ0v) is 20.5. The van der Waals surface area contributed by atoms with Gasteiger partial charge in [-0.15, -0.1) is 0 Å². The molecule has 0 N–H and O–H groups in total. The van der Waals surface area contributed by atoms with Crippen molar-refractivity contribution in [3.05, 3.63) is 112 Å². The minimum absolute atomic E-state index is 0.110. The minimum Gasteiger partial charge on any atom is -0.489 e. The predicted octanol–water partition coefficient (Wildman–Crippen LogP) is 5.73. The van der Waals surface area contributed by atoms with Crippen molar-refractivity contribution in [3.63, 3.8) is 0 Å². The van der Waals surface area contributed by atoms with Crippen molar-refractivity contribution in [2.45, 2.75) is 39.0 Å². The van der Waals surface area contributed by atoms with Crippen LogP contribution < -0.4 is 10.2 Å². The van der Waals surface area contributed by atoms with Crippen LogP contribution in [0, 0.1) is 0 Å². The molecular weight excluding hydrogens is 454 g/mol. The lowest BCUT2D eigenvalue weighted by atomic mass is 9.98. The molecule has 0 bridgehead atoms. The third-order valence-corrected chi connectivity index (χ3v) is 6.29. The van der Waals surface area contributed by atoms with E-state index in [0.717, 1.165) is 11.1 Å². The maximum absolute atomic E-state index is 13.6. The van der Waals surface area contributed by atoms with Crippen molar-refractivity contribution >= 4 is 16.9 Å². The number of para-hydroxylation sites is 1. The molecule has 1 atom stereocenters. The van der Waals surface area contributed by atoms with E-state index in [2.05, 4.69) is 0 Å². The molecule has 0 saturated carbocycles. The Balaban J connectivity index is 1.51. The van der Waals surface area contributed by atoms with Gasteiger partial charge in [0.1, 0.15) is 17.9 Å². The Bertz CT molecular complexity index is 1430. The van der Waals surface area contributed by atoms with Gasteiger partial charge in [0.25, 0.3) is 5.91 Å². The number of carbonyl (C=O) groups is 1. The molecule has 4 aromatic rings. The van der Waals surface area contributed by atoms with E-state index in [9.17, 15) is 9.59 Å². The highest BCUT2D eigenvalue weighted by atomic mass is 16.5. The molecule has 0 fully saturated rings. The second kappa shape index (κ2) is 10.4. The fourth-order valence-corrected chi connectivity index (χ4v) is 4.61. The van der Waals surface area contributed by atoms with Crippen molar-refractivity contribution < 1.29 is 18.7 Å². The largest absolute Gasteiger partial charge is 0.489 e. The molecule has 2 heterocycles. The van der Waals surface area contributed by atoms with Crippen molar-refractivity contribution in [1.82, 2.24) is 4.90 Å². The summed E-state index contributed by atoms with van der Waals surface area (Å²) in [5, 5.41) is 0.468. The van der Waals surface area contributed by atoms with E-state index >= 15 is 0 Å². The summed E-state index contributed by atoms with van der Waals surface area (Å²) in [7, 11) is 0. The first-order valence-electron chi connectivity index (χ1n) is 12.3. The Kier molecular flexibility index (Phi) is 6.87. The monoisotopic (exact) mass is 483 g/mol. The topological polar surface area (TPSA) is 69.0 Å². The van der Waals surface area contributed by atoms with E-state index in [1.165, 1.54) is 0 Å². The van der Waals surface area contributed by atoms with Crippen LogP contribution in [0.25, 0.3) is 11.0 Å². The van der Waals surface area contributed by atoms with Gasteiger partial charge < -0.3 is 18.8 Å². The summed E-state index contributed by atoms with van der Waals surface area (Å²) in [6.45, 7) is 5.34. The van der Waals surface area contributed by atoms with Gasteiger partial charge in [-0.05, 0) is 55.7 Å². The van der Waals surface area contributed by atoms with Crippen LogP contribution in [0.5, 0.6) is 5.75 Å². The highest BCUT2D eigenvalue weighted by Gasteiger charge is 2.42. The van der Waals surface area contributed by atoms with Gasteiger partial charge in [-0.2, -0.15) is 0 Å². The van der Waals surface area contributed by atoms with Crippen LogP contribution in [0.15, 0.2) is 88.1 Å². The fraction of sp³-hybridized carbons (Fsp3) is 0.267. The molecule has 1 aliphatic rings. The van der Waals surface area contributed by atoms with Crippen molar-refractivity contribution in [2.75, 3.05) is 13.2 Å². The average Bonchev–Trinajstić information content (AvgIpc) is 3.18. The first-order chi connectivity index (χ1) is 17.5. The summed E-state index contributed by atoms with van der Waals surface area (Å²) in [6, 6.07) is 24.0. The van der Waals surface area contributed by atoms with E-state index in [-0.39, 0.29) is 23.2 Å². The first-order valence-corrected chi connectivity index (χ1v) is 12.3. The van der Waals surface area contributed by atoms with E-state index in [4.69, 9.17) is 13.9 Å². The summed E-state index contributed by atoms with van der Waals surface area (Å²) in [6.07, 6.45) is 0.756. The fourth-order valence-electron chi connectivity index (χ4n) is 4.61. The molecule has 0 aliphatic carbocycles. The predicted molar refractivity (Wildman–Crippen MR) is 138 cm³/mol. The summed E-state index contributed by atoms with van der Waals surface area (Å²) < 4.78 is 17.7. The summed E-state index contributed by atoms with van der Waals surface area (Å²) >= 11 is 0. The number of benzene rings is 3. The molecule has 1 aliphatic heterocycles. The van der Waals surface area contributed by atoms with Crippen LogP contribution in [-0.4, -0.2) is 30.1 Å². The molecule has 1 aromatic heterocycles. The minimum atomic E-state index is -0.562. The third-order valence-electron chi connectivity index (χ3n) is 6.29. The molecule has 1 unspecified atom stereocenters. The molecule has 36 heavy (non-hydrogen) atoms. The Hall–Kier alpha value is -3.90. The standard InChI is InChI=1S/C30H29NO5/c1-20(2)34-17-9-16-31-27(22-12-8-13-23(18-22)35-19-21-10-4-3-5-11-21)26-28(32)24-14-6-7-15-25(24)36-29(26)30(31)33/h3-8,10-15,18,20,27H,9,16-17,19H2,1-2H3. The first kappa shape index (κ1) is 23.8. The number of nitrogens with zero attached hydrogens (tertiary/aromatic N) is 1. The van der Waals surface area contributed by atoms with Crippen LogP contribution in [0.2, 0.25) is 0 Å². The lowest BCUT2D eigenvalue weighted by molar-refractivity contribution is 0.0593. The molecule has 1 amide bonds. The Morgan fingerprint density at radius 1 is 0.944 bits per heavy atom. The van der Waals surface area contributed by atoms with Crippen molar-refractivity contribution in [2.24, 2.45) is 0 Å². The van der Waals surface area contributed by atoms with Crippen molar-refractivity contribution in [3.8, 4) is 5.75 Å². The van der Waals surface area contributed by atoms with Gasteiger partial charge in [0.05, 0.1) is 23.1 Å². The zero-order chi connectivity index (χ0) is 25.1. The normalized spacial score (nSPS) is 15.0. The molecule has 0 saturated heterocycles. The highest BCUT2D eigenvalue weighted by Crippen LogP contribution is 2.39. The molecular formula is C30H29NO5. The maximum atomic E-state index is 13.6. The van der Waals surface area contributed by atoms with Gasteiger partial charge in [0, 0.05) is 13.2 Å². The maximum Gasteiger partial charge on any atom is 0.290 e. The number of carbonyl (C=O) groups excluding carboxylic acids is 1. The number of hydrogen-bond donors (Lipinski definition) is 0. The molecule has 184 valence electrons. The van der Waals surface area contributed by atoms with Gasteiger partial charge in [0.2, 0.25) is 5.76 Å². The van der Waals surface area contributed by atoms with Crippen LogP contribution in [-0.2, 0) is 11.3 Å². The Morgan fingerprint density at radius 3 is 2.53 bits per heavy atom. The smallest absolute Gasteiger partial charge is 0.290 e. The molecule has 3 aromatic carbocycles. The van der Waals surface area contributed by atoms with E-state index in [1.807, 2.05) is 68.4 Å². The number of amides is 1. The lowest BCUT2D eigenvalue weighted by Gasteiger charge is -2.25. The summed E-state index contributed by atoms with van der Waals surface area (Å²) in [5.74, 6) is 0.507. The van der Waals surface area contributed by atoms with E-state index in [0.29, 0.717) is 48.5 Å². The van der Waals surface area contributed by atoms with E-state index in [1.54, 1.807) is 29.2 Å². The Morgan fingerprint density at radius 2 is 1.72 bits per heavy atom. The number of ether oxygens (including phenoxy) is 2. The molecule has 5 rings (SSSR count). The lowest BCUT2D eigenvalue weighted by Crippen LogP contribution is -2.31. The SMILES string of the molecule is CC(C)OCCCN1C(=O)c2oc3ccccc3c(=O)c2C1c1cccc(OCc2ccccc2)c1. The highest BCUT2D eigenvalue weighted by molar-refractivity contribution is 5.99. The van der Waals surface area contributed by atoms with Gasteiger partial charge in [0.15, 0.2) is 5.43 Å². The average molecular weight is 484 g/mol. The van der Waals surface area contributed by atoms with Crippen LogP contribution >= 0.6 is 0 Å². The Labute approximate surface area is 210 Å². The number of hydrogen-bond acceptors (Lipinski definition) is 5. The van der Waals surface area contributed by atoms with Gasteiger partial charge >= 0.3 is 0 Å². The molecule has 0 spiro atoms. The zero-order valence-electron chi connectivity index (χ0n) is 20.5. The summed E-state index contributed by atoms with van der Waals surface area (Å²) in [5.41, 5.74) is 2.48. The third kappa shape index (κ3) is 4.77. The second-order valence-electron chi connectivity index (χ2n) is 9.19. The van der Waals surface area contributed by atoms with Gasteiger partial charge in [-0.1, -0.05) is 54.6 Å². The number of rotatable bonds is 9.